The molecule has 0 amide bonds. The van der Waals surface area contributed by atoms with Gasteiger partial charge in [-0.3, -0.25) is 0 Å². The second kappa shape index (κ2) is 5.87. The Morgan fingerprint density at radius 3 is 2.95 bits per heavy atom. The van der Waals surface area contributed by atoms with Crippen LogP contribution in [0.1, 0.15) is 13.3 Å². The van der Waals surface area contributed by atoms with Crippen LogP contribution in [0.5, 0.6) is 5.75 Å². The highest BCUT2D eigenvalue weighted by molar-refractivity contribution is 5.92. The van der Waals surface area contributed by atoms with Gasteiger partial charge < -0.3 is 20.5 Å². The van der Waals surface area contributed by atoms with E-state index in [1.807, 2.05) is 31.2 Å². The van der Waals surface area contributed by atoms with E-state index in [0.717, 1.165) is 28.8 Å². The largest absolute Gasteiger partial charge is 0.497 e. The first kappa shape index (κ1) is 14.1. The van der Waals surface area contributed by atoms with Gasteiger partial charge in [-0.25, -0.2) is 4.98 Å². The van der Waals surface area contributed by atoms with Gasteiger partial charge in [0.15, 0.2) is 0 Å². The summed E-state index contributed by atoms with van der Waals surface area (Å²) in [5, 5.41) is 5.59. The van der Waals surface area contributed by atoms with E-state index in [0.29, 0.717) is 6.61 Å². The van der Waals surface area contributed by atoms with Crippen LogP contribution in [0.15, 0.2) is 30.5 Å². The first-order valence-corrected chi connectivity index (χ1v) is 7.29. The van der Waals surface area contributed by atoms with E-state index in [1.165, 1.54) is 0 Å². The number of nitrogens with one attached hydrogen (secondary N) is 1. The molecule has 0 radical (unpaired) electrons. The Bertz CT molecular complexity index is 630. The van der Waals surface area contributed by atoms with Gasteiger partial charge in [0.1, 0.15) is 11.6 Å². The number of nitrogens with zero attached hydrogens (tertiary/aromatic N) is 1. The van der Waals surface area contributed by atoms with Gasteiger partial charge >= 0.3 is 0 Å². The van der Waals surface area contributed by atoms with Gasteiger partial charge in [0, 0.05) is 24.2 Å². The molecule has 1 aromatic carbocycles. The normalized spacial score (nSPS) is 24.6. The molecule has 3 N–H and O–H groups in total. The summed E-state index contributed by atoms with van der Waals surface area (Å²) < 4.78 is 11.0. The molecule has 112 valence electrons. The van der Waals surface area contributed by atoms with Crippen molar-refractivity contribution in [2.75, 3.05) is 19.0 Å². The lowest BCUT2D eigenvalue weighted by Crippen LogP contribution is -2.60. The molecular formula is C16H21N3O2. The Hall–Kier alpha value is -1.85. The molecule has 1 aromatic heterocycles. The Kier molecular flexibility index (Phi) is 3.94. The zero-order valence-corrected chi connectivity index (χ0v) is 12.4. The summed E-state index contributed by atoms with van der Waals surface area (Å²) in [4.78, 5) is 4.46. The van der Waals surface area contributed by atoms with Crippen LogP contribution in [0.4, 0.5) is 5.82 Å². The predicted molar refractivity (Wildman–Crippen MR) is 83.7 cm³/mol. The quantitative estimate of drug-likeness (QED) is 0.882. The molecule has 0 bridgehead atoms. The minimum absolute atomic E-state index is 0.101. The van der Waals surface area contributed by atoms with Crippen LogP contribution in [-0.4, -0.2) is 36.9 Å². The topological polar surface area (TPSA) is 69.4 Å². The lowest BCUT2D eigenvalue weighted by Gasteiger charge is -2.42. The van der Waals surface area contributed by atoms with Gasteiger partial charge in [-0.1, -0.05) is 6.07 Å². The number of methoxy groups -OCH3 is 1. The Labute approximate surface area is 124 Å². The molecule has 3 rings (SSSR count). The zero-order chi connectivity index (χ0) is 14.8. The lowest BCUT2D eigenvalue weighted by atomic mass is 9.83. The van der Waals surface area contributed by atoms with Gasteiger partial charge in [0.25, 0.3) is 0 Å². The summed E-state index contributed by atoms with van der Waals surface area (Å²) in [6.45, 7) is 2.70. The molecule has 1 heterocycles. The first-order valence-electron chi connectivity index (χ1n) is 7.29. The average Bonchev–Trinajstić information content (AvgIpc) is 2.52. The van der Waals surface area contributed by atoms with Crippen LogP contribution in [0, 0.1) is 0 Å². The molecule has 21 heavy (non-hydrogen) atoms. The summed E-state index contributed by atoms with van der Waals surface area (Å²) in [6, 6.07) is 8.16. The van der Waals surface area contributed by atoms with Crippen molar-refractivity contribution < 1.29 is 9.47 Å². The number of ether oxygens (including phenoxy) is 2. The maximum atomic E-state index is 6.10. The predicted octanol–water partition coefficient (Wildman–Crippen LogP) is 2.16. The number of benzene rings is 1. The number of aromatic nitrogens is 1. The molecule has 5 nitrogen and oxygen atoms in total. The van der Waals surface area contributed by atoms with Crippen LogP contribution in [0.25, 0.3) is 10.8 Å². The van der Waals surface area contributed by atoms with Crippen LogP contribution in [0.2, 0.25) is 0 Å². The molecule has 3 unspecified atom stereocenters. The van der Waals surface area contributed by atoms with Gasteiger partial charge in [0.2, 0.25) is 0 Å². The molecule has 1 fully saturated rings. The van der Waals surface area contributed by atoms with Crippen molar-refractivity contribution in [3.8, 4) is 5.75 Å². The number of hydrogen-bond acceptors (Lipinski definition) is 5. The maximum absolute atomic E-state index is 6.10. The van der Waals surface area contributed by atoms with Crippen molar-refractivity contribution in [1.29, 1.82) is 0 Å². The highest BCUT2D eigenvalue weighted by atomic mass is 16.5. The molecule has 0 aliphatic heterocycles. The van der Waals surface area contributed by atoms with E-state index < -0.39 is 0 Å². The SMILES string of the molecule is CCOC1CC(N)C1Nc1nccc2ccc(OC)cc12. The fraction of sp³-hybridized carbons (Fsp3) is 0.438. The summed E-state index contributed by atoms with van der Waals surface area (Å²) in [7, 11) is 1.66. The molecule has 3 atom stereocenters. The van der Waals surface area contributed by atoms with Gasteiger partial charge in [0.05, 0.1) is 19.3 Å². The van der Waals surface area contributed by atoms with E-state index in [4.69, 9.17) is 15.2 Å². The number of hydrogen-bond donors (Lipinski definition) is 2. The highest BCUT2D eigenvalue weighted by Gasteiger charge is 2.39. The van der Waals surface area contributed by atoms with Crippen molar-refractivity contribution >= 4 is 16.6 Å². The van der Waals surface area contributed by atoms with Gasteiger partial charge in [-0.05, 0) is 36.9 Å². The molecule has 1 aliphatic rings. The van der Waals surface area contributed by atoms with E-state index in [1.54, 1.807) is 13.3 Å². The number of nitrogens with two attached hydrogens (primary N) is 1. The van der Waals surface area contributed by atoms with E-state index in [-0.39, 0.29) is 18.2 Å². The molecule has 2 aromatic rings. The van der Waals surface area contributed by atoms with Gasteiger partial charge in [-0.2, -0.15) is 0 Å². The van der Waals surface area contributed by atoms with Crippen molar-refractivity contribution in [2.24, 2.45) is 5.73 Å². The Balaban J connectivity index is 1.89. The van der Waals surface area contributed by atoms with Crippen LogP contribution in [-0.2, 0) is 4.74 Å². The number of rotatable bonds is 5. The maximum Gasteiger partial charge on any atom is 0.134 e. The summed E-state index contributed by atoms with van der Waals surface area (Å²) >= 11 is 0. The smallest absolute Gasteiger partial charge is 0.134 e. The molecule has 1 aliphatic carbocycles. The Morgan fingerprint density at radius 2 is 2.24 bits per heavy atom. The van der Waals surface area contributed by atoms with Crippen molar-refractivity contribution in [1.82, 2.24) is 4.98 Å². The monoisotopic (exact) mass is 287 g/mol. The van der Waals surface area contributed by atoms with Crippen LogP contribution < -0.4 is 15.8 Å². The lowest BCUT2D eigenvalue weighted by molar-refractivity contribution is -0.0126. The number of pyridine rings is 1. The van der Waals surface area contributed by atoms with Crippen LogP contribution >= 0.6 is 0 Å². The van der Waals surface area contributed by atoms with E-state index in [9.17, 15) is 0 Å². The minimum Gasteiger partial charge on any atom is -0.497 e. The molecule has 0 spiro atoms. The second-order valence-corrected chi connectivity index (χ2v) is 5.31. The minimum atomic E-state index is 0.101. The van der Waals surface area contributed by atoms with Crippen molar-refractivity contribution in [3.05, 3.63) is 30.5 Å². The fourth-order valence-electron chi connectivity index (χ4n) is 2.77. The first-order chi connectivity index (χ1) is 10.2. The van der Waals surface area contributed by atoms with E-state index in [2.05, 4.69) is 10.3 Å². The zero-order valence-electron chi connectivity index (χ0n) is 12.4. The van der Waals surface area contributed by atoms with Crippen molar-refractivity contribution in [2.45, 2.75) is 31.5 Å². The summed E-state index contributed by atoms with van der Waals surface area (Å²) in [5.74, 6) is 1.65. The second-order valence-electron chi connectivity index (χ2n) is 5.31. The number of anilines is 1. The van der Waals surface area contributed by atoms with Crippen molar-refractivity contribution in [3.63, 3.8) is 0 Å². The fourth-order valence-corrected chi connectivity index (χ4v) is 2.77. The third kappa shape index (κ3) is 2.66. The molecular weight excluding hydrogens is 266 g/mol. The number of fused-ring (bicyclic) bond motifs is 1. The summed E-state index contributed by atoms with van der Waals surface area (Å²) in [6.07, 6.45) is 2.85. The molecule has 1 saturated carbocycles. The van der Waals surface area contributed by atoms with Crippen LogP contribution in [0.3, 0.4) is 0 Å². The molecule has 5 heteroatoms. The summed E-state index contributed by atoms with van der Waals surface area (Å²) in [5.41, 5.74) is 6.10. The molecule has 0 saturated heterocycles. The van der Waals surface area contributed by atoms with E-state index >= 15 is 0 Å². The Morgan fingerprint density at radius 1 is 1.38 bits per heavy atom. The standard InChI is InChI=1S/C16H21N3O2/c1-3-21-14-9-13(17)15(14)19-16-12-8-11(20-2)5-4-10(12)6-7-18-16/h4-8,13-15H,3,9,17H2,1-2H3,(H,18,19). The highest BCUT2D eigenvalue weighted by Crippen LogP contribution is 2.30. The average molecular weight is 287 g/mol. The third-order valence-corrected chi connectivity index (χ3v) is 4.02. The third-order valence-electron chi connectivity index (χ3n) is 4.02. The van der Waals surface area contributed by atoms with Gasteiger partial charge in [-0.15, -0.1) is 0 Å².